The highest BCUT2D eigenvalue weighted by atomic mass is 16.6. The molecule has 0 aliphatic heterocycles. The van der Waals surface area contributed by atoms with Crippen molar-refractivity contribution in [3.05, 3.63) is 24.3 Å². The van der Waals surface area contributed by atoms with E-state index >= 15 is 0 Å². The number of carbonyl (C=O) groups is 2. The van der Waals surface area contributed by atoms with Crippen LogP contribution in [0.15, 0.2) is 24.3 Å². The zero-order valence-corrected chi connectivity index (χ0v) is 43.3. The smallest absolute Gasteiger partial charge is 0.306 e. The summed E-state index contributed by atoms with van der Waals surface area (Å²) in [4.78, 5) is 24.5. The van der Waals surface area contributed by atoms with Crippen LogP contribution in [0.1, 0.15) is 322 Å². The van der Waals surface area contributed by atoms with E-state index < -0.39 is 6.10 Å². The van der Waals surface area contributed by atoms with Crippen LogP contribution in [-0.4, -0.2) is 36.4 Å². The second kappa shape index (κ2) is 55.7. The first-order valence-electron chi connectivity index (χ1n) is 28.9. The summed E-state index contributed by atoms with van der Waals surface area (Å²) in [6.45, 7) is 4.18. The van der Waals surface area contributed by atoms with Crippen LogP contribution < -0.4 is 0 Å². The number of unbranched alkanes of at least 4 members (excludes halogenated alkanes) is 42. The molecule has 0 aromatic carbocycles. The summed E-state index contributed by atoms with van der Waals surface area (Å²) in [5, 5.41) is 9.65. The summed E-state index contributed by atoms with van der Waals surface area (Å²) in [5.74, 6) is -0.574. The first-order valence-corrected chi connectivity index (χ1v) is 28.9. The molecule has 0 spiro atoms. The molecule has 0 saturated carbocycles. The quantitative estimate of drug-likeness (QED) is 0.0374. The monoisotopic (exact) mass is 901 g/mol. The minimum absolute atomic E-state index is 0.0613. The maximum Gasteiger partial charge on any atom is 0.306 e. The molecule has 0 bridgehead atoms. The largest absolute Gasteiger partial charge is 0.462 e. The Balaban J connectivity index is 3.41. The van der Waals surface area contributed by atoms with Crippen molar-refractivity contribution in [1.82, 2.24) is 0 Å². The van der Waals surface area contributed by atoms with Crippen molar-refractivity contribution in [3.63, 3.8) is 0 Å². The average Bonchev–Trinajstić information content (AvgIpc) is 3.30. The molecule has 0 amide bonds. The number of ether oxygens (including phenoxy) is 2. The minimum Gasteiger partial charge on any atom is -0.462 e. The fraction of sp³-hybridized carbons (Fsp3) is 0.898. The maximum absolute atomic E-state index is 12.3. The predicted molar refractivity (Wildman–Crippen MR) is 279 cm³/mol. The molecule has 5 heteroatoms. The Labute approximate surface area is 400 Å². The summed E-state index contributed by atoms with van der Waals surface area (Å²) >= 11 is 0. The fourth-order valence-corrected chi connectivity index (χ4v) is 8.84. The van der Waals surface area contributed by atoms with Crippen LogP contribution in [0.2, 0.25) is 0 Å². The molecule has 0 aromatic rings. The highest BCUT2D eigenvalue weighted by molar-refractivity contribution is 5.70. The Bertz CT molecular complexity index is 974. The number of aliphatic hydroxyl groups excluding tert-OH is 1. The van der Waals surface area contributed by atoms with Gasteiger partial charge in [0.05, 0.1) is 6.61 Å². The van der Waals surface area contributed by atoms with Crippen LogP contribution in [0.4, 0.5) is 0 Å². The first kappa shape index (κ1) is 62.4. The summed E-state index contributed by atoms with van der Waals surface area (Å²) in [6.07, 6.45) is 70.2. The second-order valence-electron chi connectivity index (χ2n) is 19.7. The van der Waals surface area contributed by atoms with Gasteiger partial charge in [-0.05, 0) is 64.2 Å². The van der Waals surface area contributed by atoms with Crippen LogP contribution in [-0.2, 0) is 19.1 Å². The number of hydrogen-bond donors (Lipinski definition) is 1. The van der Waals surface area contributed by atoms with E-state index in [1.807, 2.05) is 0 Å². The van der Waals surface area contributed by atoms with Gasteiger partial charge in [0.15, 0.2) is 6.10 Å². The van der Waals surface area contributed by atoms with E-state index in [0.717, 1.165) is 38.5 Å². The summed E-state index contributed by atoms with van der Waals surface area (Å²) < 4.78 is 10.7. The third-order valence-corrected chi connectivity index (χ3v) is 13.2. The predicted octanol–water partition coefficient (Wildman–Crippen LogP) is 19.3. The molecule has 64 heavy (non-hydrogen) atoms. The molecular weight excluding hydrogens is 789 g/mol. The summed E-state index contributed by atoms with van der Waals surface area (Å²) in [6, 6.07) is 0. The molecular formula is C59H112O5. The molecule has 1 unspecified atom stereocenters. The van der Waals surface area contributed by atoms with Gasteiger partial charge in [-0.3, -0.25) is 9.59 Å². The Morgan fingerprint density at radius 3 is 0.844 bits per heavy atom. The number of aliphatic hydroxyl groups is 1. The molecule has 5 nitrogen and oxygen atoms in total. The number of rotatable bonds is 54. The minimum atomic E-state index is -0.769. The van der Waals surface area contributed by atoms with Gasteiger partial charge in [0.1, 0.15) is 6.61 Å². The van der Waals surface area contributed by atoms with Crippen molar-refractivity contribution in [2.75, 3.05) is 13.2 Å². The van der Waals surface area contributed by atoms with Gasteiger partial charge in [0.25, 0.3) is 0 Å². The molecule has 1 N–H and O–H groups in total. The van der Waals surface area contributed by atoms with E-state index in [-0.39, 0.29) is 25.2 Å². The third-order valence-electron chi connectivity index (χ3n) is 13.2. The van der Waals surface area contributed by atoms with Crippen LogP contribution >= 0.6 is 0 Å². The van der Waals surface area contributed by atoms with Gasteiger partial charge >= 0.3 is 11.9 Å². The highest BCUT2D eigenvalue weighted by Crippen LogP contribution is 2.17. The molecule has 0 fully saturated rings. The maximum atomic E-state index is 12.3. The van der Waals surface area contributed by atoms with Gasteiger partial charge in [-0.1, -0.05) is 269 Å². The van der Waals surface area contributed by atoms with Crippen molar-refractivity contribution in [2.45, 2.75) is 328 Å². The summed E-state index contributed by atoms with van der Waals surface area (Å²) in [7, 11) is 0. The van der Waals surface area contributed by atoms with E-state index in [1.54, 1.807) is 0 Å². The van der Waals surface area contributed by atoms with Gasteiger partial charge in [-0.25, -0.2) is 0 Å². The van der Waals surface area contributed by atoms with E-state index in [4.69, 9.17) is 9.47 Å². The third kappa shape index (κ3) is 53.0. The van der Waals surface area contributed by atoms with Gasteiger partial charge in [0, 0.05) is 12.8 Å². The zero-order chi connectivity index (χ0) is 46.3. The lowest BCUT2D eigenvalue weighted by Crippen LogP contribution is -2.28. The molecule has 0 aliphatic rings. The Morgan fingerprint density at radius 2 is 0.578 bits per heavy atom. The van der Waals surface area contributed by atoms with Crippen LogP contribution in [0.5, 0.6) is 0 Å². The van der Waals surface area contributed by atoms with Gasteiger partial charge < -0.3 is 14.6 Å². The Kier molecular flexibility index (Phi) is 54.3. The number of carbonyl (C=O) groups excluding carboxylic acids is 2. The lowest BCUT2D eigenvalue weighted by molar-refractivity contribution is -0.161. The molecule has 0 radical (unpaired) electrons. The molecule has 0 heterocycles. The normalized spacial score (nSPS) is 12.2. The van der Waals surface area contributed by atoms with Crippen molar-refractivity contribution in [2.24, 2.45) is 0 Å². The molecule has 1 atom stereocenters. The van der Waals surface area contributed by atoms with Crippen molar-refractivity contribution >= 4 is 11.9 Å². The topological polar surface area (TPSA) is 72.8 Å². The van der Waals surface area contributed by atoms with Crippen molar-refractivity contribution in [1.29, 1.82) is 0 Å². The van der Waals surface area contributed by atoms with Gasteiger partial charge in [0.2, 0.25) is 0 Å². The van der Waals surface area contributed by atoms with Crippen LogP contribution in [0.25, 0.3) is 0 Å². The number of hydrogen-bond acceptors (Lipinski definition) is 5. The van der Waals surface area contributed by atoms with E-state index in [2.05, 4.69) is 38.2 Å². The molecule has 378 valence electrons. The Hall–Kier alpha value is -1.62. The lowest BCUT2D eigenvalue weighted by Gasteiger charge is -2.15. The number of allylic oxidation sites excluding steroid dienone is 4. The van der Waals surface area contributed by atoms with Gasteiger partial charge in [-0.2, -0.15) is 0 Å². The standard InChI is InChI=1S/C59H112O5/c1-3-5-7-9-11-13-15-17-19-21-23-24-25-26-27-28-29-30-31-32-33-34-36-38-40-42-44-46-48-50-52-54-59(62)64-57(55-60)56-63-58(61)53-51-49-47-45-43-41-39-37-35-22-20-18-16-14-12-10-8-6-4-2/h18,20-21,23,57,60H,3-17,19,22,24-56H2,1-2H3/b20-18-,23-21-. The van der Waals surface area contributed by atoms with E-state index in [9.17, 15) is 14.7 Å². The van der Waals surface area contributed by atoms with Crippen molar-refractivity contribution < 1.29 is 24.2 Å². The molecule has 0 rings (SSSR count). The van der Waals surface area contributed by atoms with Crippen LogP contribution in [0, 0.1) is 0 Å². The fourth-order valence-electron chi connectivity index (χ4n) is 8.84. The van der Waals surface area contributed by atoms with Crippen LogP contribution in [0.3, 0.4) is 0 Å². The van der Waals surface area contributed by atoms with E-state index in [0.29, 0.717) is 12.8 Å². The lowest BCUT2D eigenvalue weighted by atomic mass is 10.0. The summed E-state index contributed by atoms with van der Waals surface area (Å²) in [5.41, 5.74) is 0. The zero-order valence-electron chi connectivity index (χ0n) is 43.3. The molecule has 0 saturated heterocycles. The van der Waals surface area contributed by atoms with Gasteiger partial charge in [-0.15, -0.1) is 0 Å². The molecule has 0 aromatic heterocycles. The second-order valence-corrected chi connectivity index (χ2v) is 19.7. The Morgan fingerprint density at radius 1 is 0.344 bits per heavy atom. The number of esters is 2. The van der Waals surface area contributed by atoms with E-state index in [1.165, 1.54) is 257 Å². The first-order chi connectivity index (χ1) is 31.6. The SMILES string of the molecule is CCCCCCCC/C=C\CCCCCCCCCCCC(=O)OCC(CO)OC(=O)CCCCCCCCCCCCCCCCCCCCC/C=C\CCCCCCCCCC. The highest BCUT2D eigenvalue weighted by Gasteiger charge is 2.16. The van der Waals surface area contributed by atoms with Crippen molar-refractivity contribution in [3.8, 4) is 0 Å². The molecule has 0 aliphatic carbocycles. The average molecular weight is 902 g/mol.